The van der Waals surface area contributed by atoms with Crippen LogP contribution in [0.4, 0.5) is 0 Å². The summed E-state index contributed by atoms with van der Waals surface area (Å²) in [5.74, 6) is 0. The summed E-state index contributed by atoms with van der Waals surface area (Å²) in [7, 11) is -1.95. The summed E-state index contributed by atoms with van der Waals surface area (Å²) in [5, 5.41) is 0. The minimum atomic E-state index is -3.36. The molecule has 1 aromatic rings. The van der Waals surface area contributed by atoms with Crippen LogP contribution in [0.2, 0.25) is 0 Å². The first-order valence-corrected chi connectivity index (χ1v) is 7.32. The van der Waals surface area contributed by atoms with E-state index >= 15 is 0 Å². The average Bonchev–Trinajstić information content (AvgIpc) is 2.84. The lowest BCUT2D eigenvalue weighted by Gasteiger charge is -2.06. The van der Waals surface area contributed by atoms with Crippen LogP contribution < -0.4 is 4.72 Å². The van der Waals surface area contributed by atoms with E-state index in [0.717, 1.165) is 24.2 Å². The van der Waals surface area contributed by atoms with E-state index in [9.17, 15) is 8.42 Å². The summed E-state index contributed by atoms with van der Waals surface area (Å²) in [6.07, 6.45) is 3.04. The Morgan fingerprint density at radius 3 is 2.72 bits per heavy atom. The first-order chi connectivity index (χ1) is 8.53. The van der Waals surface area contributed by atoms with Crippen LogP contribution in [0.3, 0.4) is 0 Å². The van der Waals surface area contributed by atoms with E-state index in [1.807, 2.05) is 13.0 Å². The molecule has 0 aliphatic carbocycles. The summed E-state index contributed by atoms with van der Waals surface area (Å²) >= 11 is 0. The van der Waals surface area contributed by atoms with Crippen LogP contribution in [0.25, 0.3) is 6.08 Å². The molecule has 18 heavy (non-hydrogen) atoms. The van der Waals surface area contributed by atoms with Gasteiger partial charge in [0.05, 0.1) is 18.1 Å². The maximum atomic E-state index is 11.7. The van der Waals surface area contributed by atoms with E-state index in [-0.39, 0.29) is 0 Å². The normalized spacial score (nSPS) is 18.4. The Kier molecular flexibility index (Phi) is 3.85. The van der Waals surface area contributed by atoms with E-state index in [1.165, 1.54) is 12.6 Å². The Hall–Kier alpha value is -1.17. The van der Waals surface area contributed by atoms with Crippen molar-refractivity contribution >= 4 is 16.1 Å². The predicted octanol–water partition coefficient (Wildman–Crippen LogP) is 1.71. The van der Waals surface area contributed by atoms with Crippen molar-refractivity contribution in [2.45, 2.75) is 18.2 Å². The summed E-state index contributed by atoms with van der Waals surface area (Å²) in [5.41, 5.74) is 3.25. The minimum Gasteiger partial charge on any atom is -0.377 e. The standard InChI is InChI=1S/C13H17NO3S/c1-10-7-13(18(15,16)14-2)4-3-12(10)8-11-5-6-17-9-11/h3-4,7-8,14H,5-6,9H2,1-2H3/b11-8-. The van der Waals surface area contributed by atoms with Crippen LogP contribution in [0, 0.1) is 6.92 Å². The van der Waals surface area contributed by atoms with Gasteiger partial charge in [0.15, 0.2) is 0 Å². The number of sulfonamides is 1. The smallest absolute Gasteiger partial charge is 0.240 e. The molecule has 1 N–H and O–H groups in total. The van der Waals surface area contributed by atoms with E-state index < -0.39 is 10.0 Å². The number of benzene rings is 1. The summed E-state index contributed by atoms with van der Waals surface area (Å²) in [6.45, 7) is 3.37. The lowest BCUT2D eigenvalue weighted by molar-refractivity contribution is 0.205. The van der Waals surface area contributed by atoms with Gasteiger partial charge >= 0.3 is 0 Å². The maximum Gasteiger partial charge on any atom is 0.240 e. The van der Waals surface area contributed by atoms with Crippen molar-refractivity contribution in [3.63, 3.8) is 0 Å². The van der Waals surface area contributed by atoms with E-state index in [4.69, 9.17) is 4.74 Å². The molecule has 1 aliphatic heterocycles. The molecular formula is C13H17NO3S. The molecule has 0 saturated carbocycles. The molecule has 4 nitrogen and oxygen atoms in total. The fraction of sp³-hybridized carbons (Fsp3) is 0.385. The molecular weight excluding hydrogens is 250 g/mol. The lowest BCUT2D eigenvalue weighted by Crippen LogP contribution is -2.18. The van der Waals surface area contributed by atoms with Gasteiger partial charge in [-0.3, -0.25) is 0 Å². The second-order valence-electron chi connectivity index (χ2n) is 4.33. The zero-order valence-corrected chi connectivity index (χ0v) is 11.4. The van der Waals surface area contributed by atoms with Crippen molar-refractivity contribution in [2.75, 3.05) is 20.3 Å². The largest absolute Gasteiger partial charge is 0.377 e. The van der Waals surface area contributed by atoms with Crippen LogP contribution >= 0.6 is 0 Å². The molecule has 1 fully saturated rings. The molecule has 0 spiro atoms. The molecule has 1 saturated heterocycles. The van der Waals surface area contributed by atoms with Crippen LogP contribution in [0.1, 0.15) is 17.5 Å². The molecule has 0 unspecified atom stereocenters. The van der Waals surface area contributed by atoms with Gasteiger partial charge in [-0.2, -0.15) is 0 Å². The number of aryl methyl sites for hydroxylation is 1. The second kappa shape index (κ2) is 5.22. The molecule has 98 valence electrons. The van der Waals surface area contributed by atoms with E-state index in [1.54, 1.807) is 12.1 Å². The Balaban J connectivity index is 2.34. The lowest BCUT2D eigenvalue weighted by atomic mass is 10.1. The molecule has 1 heterocycles. The van der Waals surface area contributed by atoms with Crippen molar-refractivity contribution in [3.8, 4) is 0 Å². The van der Waals surface area contributed by atoms with Gasteiger partial charge in [0, 0.05) is 0 Å². The molecule has 0 amide bonds. The molecule has 2 rings (SSSR count). The highest BCUT2D eigenvalue weighted by Crippen LogP contribution is 2.20. The highest BCUT2D eigenvalue weighted by atomic mass is 32.2. The van der Waals surface area contributed by atoms with Crippen molar-refractivity contribution < 1.29 is 13.2 Å². The number of hydrogen-bond donors (Lipinski definition) is 1. The third kappa shape index (κ3) is 2.80. The SMILES string of the molecule is CNS(=O)(=O)c1ccc(/C=C2/CCOC2)c(C)c1. The van der Waals surface area contributed by atoms with Gasteiger partial charge in [-0.15, -0.1) is 0 Å². The molecule has 1 aromatic carbocycles. The molecule has 0 radical (unpaired) electrons. The Morgan fingerprint density at radius 1 is 1.39 bits per heavy atom. The average molecular weight is 267 g/mol. The summed E-state index contributed by atoms with van der Waals surface area (Å²) < 4.78 is 30.9. The number of hydrogen-bond acceptors (Lipinski definition) is 3. The van der Waals surface area contributed by atoms with Crippen molar-refractivity contribution in [2.24, 2.45) is 0 Å². The first-order valence-electron chi connectivity index (χ1n) is 5.84. The van der Waals surface area contributed by atoms with Crippen molar-refractivity contribution in [1.82, 2.24) is 4.72 Å². The third-order valence-electron chi connectivity index (χ3n) is 3.03. The van der Waals surface area contributed by atoms with Gasteiger partial charge in [0.1, 0.15) is 0 Å². The zero-order chi connectivity index (χ0) is 13.2. The predicted molar refractivity (Wildman–Crippen MR) is 70.8 cm³/mol. The Labute approximate surface area is 108 Å². The van der Waals surface area contributed by atoms with Crippen molar-refractivity contribution in [1.29, 1.82) is 0 Å². The molecule has 1 aliphatic rings. The first kappa shape index (κ1) is 13.3. The molecule has 0 atom stereocenters. The Bertz CT molecular complexity index is 568. The molecule has 0 bridgehead atoms. The highest BCUT2D eigenvalue weighted by molar-refractivity contribution is 7.89. The molecule has 5 heteroatoms. The van der Waals surface area contributed by atoms with E-state index in [0.29, 0.717) is 11.5 Å². The minimum absolute atomic E-state index is 0.298. The summed E-state index contributed by atoms with van der Waals surface area (Å²) in [6, 6.07) is 5.15. The van der Waals surface area contributed by atoms with Crippen LogP contribution in [-0.4, -0.2) is 28.7 Å². The third-order valence-corrected chi connectivity index (χ3v) is 4.45. The van der Waals surface area contributed by atoms with Gasteiger partial charge in [0.25, 0.3) is 0 Å². The quantitative estimate of drug-likeness (QED) is 0.907. The van der Waals surface area contributed by atoms with Crippen molar-refractivity contribution in [3.05, 3.63) is 34.9 Å². The van der Waals surface area contributed by atoms with Gasteiger partial charge in [-0.25, -0.2) is 13.1 Å². The topological polar surface area (TPSA) is 55.4 Å². The van der Waals surface area contributed by atoms with E-state index in [2.05, 4.69) is 10.8 Å². The number of ether oxygens (including phenoxy) is 1. The second-order valence-corrected chi connectivity index (χ2v) is 6.22. The summed E-state index contributed by atoms with van der Waals surface area (Å²) in [4.78, 5) is 0.298. The number of rotatable bonds is 3. The fourth-order valence-electron chi connectivity index (χ4n) is 1.91. The highest BCUT2D eigenvalue weighted by Gasteiger charge is 2.13. The molecule has 0 aromatic heterocycles. The Morgan fingerprint density at radius 2 is 2.17 bits per heavy atom. The zero-order valence-electron chi connectivity index (χ0n) is 10.6. The van der Waals surface area contributed by atoms with Gasteiger partial charge in [0.2, 0.25) is 10.0 Å². The number of nitrogens with one attached hydrogen (secondary N) is 1. The van der Waals surface area contributed by atoms with Gasteiger partial charge in [-0.1, -0.05) is 12.1 Å². The van der Waals surface area contributed by atoms with Gasteiger partial charge < -0.3 is 4.74 Å². The van der Waals surface area contributed by atoms with Crippen LogP contribution in [0.5, 0.6) is 0 Å². The monoisotopic (exact) mass is 267 g/mol. The van der Waals surface area contributed by atoms with Crippen LogP contribution in [0.15, 0.2) is 28.7 Å². The maximum absolute atomic E-state index is 11.7. The van der Waals surface area contributed by atoms with Gasteiger partial charge in [-0.05, 0) is 49.2 Å². The fourth-order valence-corrected chi connectivity index (χ4v) is 2.72. The van der Waals surface area contributed by atoms with Crippen LogP contribution in [-0.2, 0) is 14.8 Å².